The van der Waals surface area contributed by atoms with E-state index in [9.17, 15) is 9.59 Å². The third-order valence-corrected chi connectivity index (χ3v) is 5.66. The van der Waals surface area contributed by atoms with E-state index in [4.69, 9.17) is 4.98 Å². The van der Waals surface area contributed by atoms with E-state index < -0.39 is 0 Å². The molecule has 5 heteroatoms. The van der Waals surface area contributed by atoms with Gasteiger partial charge < -0.3 is 4.90 Å². The Morgan fingerprint density at radius 3 is 2.58 bits per heavy atom. The van der Waals surface area contributed by atoms with Crippen molar-refractivity contribution in [2.24, 2.45) is 13.0 Å². The van der Waals surface area contributed by atoms with Gasteiger partial charge in [0, 0.05) is 19.5 Å². The lowest BCUT2D eigenvalue weighted by Gasteiger charge is -2.34. The molecular weight excluding hydrogens is 326 g/mol. The lowest BCUT2D eigenvalue weighted by molar-refractivity contribution is -0.139. The minimum Gasteiger partial charge on any atom is -0.333 e. The van der Waals surface area contributed by atoms with Gasteiger partial charge in [-0.2, -0.15) is 0 Å². The molecular formula is C21H29N3O2. The highest BCUT2D eigenvalue weighted by atomic mass is 16.2. The molecule has 0 saturated heterocycles. The van der Waals surface area contributed by atoms with Gasteiger partial charge in [-0.25, -0.2) is 4.98 Å². The van der Waals surface area contributed by atoms with Crippen molar-refractivity contribution >= 4 is 16.8 Å². The number of para-hydroxylation sites is 1. The first-order chi connectivity index (χ1) is 12.6. The Hall–Kier alpha value is -2.17. The monoisotopic (exact) mass is 355 g/mol. The molecule has 0 aliphatic heterocycles. The molecule has 5 nitrogen and oxygen atoms in total. The summed E-state index contributed by atoms with van der Waals surface area (Å²) < 4.78 is 1.62. The molecule has 1 unspecified atom stereocenters. The van der Waals surface area contributed by atoms with Crippen molar-refractivity contribution < 1.29 is 4.79 Å². The number of amides is 1. The highest BCUT2D eigenvalue weighted by Gasteiger charge is 2.31. The van der Waals surface area contributed by atoms with E-state index in [1.807, 2.05) is 30.0 Å². The number of benzene rings is 1. The van der Waals surface area contributed by atoms with Gasteiger partial charge >= 0.3 is 0 Å². The molecule has 1 aliphatic rings. The van der Waals surface area contributed by atoms with Crippen LogP contribution in [0.5, 0.6) is 0 Å². The summed E-state index contributed by atoms with van der Waals surface area (Å²) in [6, 6.07) is 7.25. The molecule has 1 aromatic heterocycles. The highest BCUT2D eigenvalue weighted by molar-refractivity contribution is 5.80. The fourth-order valence-corrected chi connectivity index (χ4v) is 4.19. The summed E-state index contributed by atoms with van der Waals surface area (Å²) in [7, 11) is 1.76. The van der Waals surface area contributed by atoms with Crippen molar-refractivity contribution in [3.05, 3.63) is 40.4 Å². The summed E-state index contributed by atoms with van der Waals surface area (Å²) in [6.07, 6.45) is 6.21. The molecule has 0 bridgehead atoms. The second kappa shape index (κ2) is 8.02. The van der Waals surface area contributed by atoms with Crippen molar-refractivity contribution in [2.45, 2.75) is 58.4 Å². The molecule has 0 spiro atoms. The normalized spacial score (nSPS) is 16.6. The van der Waals surface area contributed by atoms with Crippen molar-refractivity contribution in [3.8, 4) is 0 Å². The van der Waals surface area contributed by atoms with Gasteiger partial charge in [0.15, 0.2) is 0 Å². The summed E-state index contributed by atoms with van der Waals surface area (Å²) in [4.78, 5) is 32.7. The van der Waals surface area contributed by atoms with Gasteiger partial charge in [0.1, 0.15) is 5.82 Å². The number of fused-ring (bicyclic) bond motifs is 1. The zero-order valence-corrected chi connectivity index (χ0v) is 16.1. The molecule has 1 amide bonds. The van der Waals surface area contributed by atoms with Crippen LogP contribution in [0.2, 0.25) is 0 Å². The average molecular weight is 355 g/mol. The first kappa shape index (κ1) is 18.6. The van der Waals surface area contributed by atoms with E-state index in [0.29, 0.717) is 23.3 Å². The average Bonchev–Trinajstić information content (AvgIpc) is 2.69. The Morgan fingerprint density at radius 2 is 1.92 bits per heavy atom. The largest absolute Gasteiger partial charge is 0.333 e. The summed E-state index contributed by atoms with van der Waals surface area (Å²) in [5, 5.41) is 0.621. The van der Waals surface area contributed by atoms with Gasteiger partial charge in [0.05, 0.1) is 16.9 Å². The van der Waals surface area contributed by atoms with Crippen molar-refractivity contribution in [2.75, 3.05) is 6.54 Å². The smallest absolute Gasteiger partial charge is 0.261 e. The van der Waals surface area contributed by atoms with Crippen LogP contribution in [0.4, 0.5) is 0 Å². The molecule has 2 aromatic rings. The molecule has 140 valence electrons. The van der Waals surface area contributed by atoms with Crippen LogP contribution in [0.3, 0.4) is 0 Å². The minimum atomic E-state index is -0.170. The second-order valence-electron chi connectivity index (χ2n) is 7.23. The number of aromatic nitrogens is 2. The van der Waals surface area contributed by atoms with Gasteiger partial charge in [-0.1, -0.05) is 38.3 Å². The van der Waals surface area contributed by atoms with E-state index in [-0.39, 0.29) is 23.4 Å². The second-order valence-corrected chi connectivity index (χ2v) is 7.23. The molecule has 1 saturated carbocycles. The zero-order valence-electron chi connectivity index (χ0n) is 16.1. The maximum atomic E-state index is 13.2. The van der Waals surface area contributed by atoms with E-state index in [1.54, 1.807) is 17.7 Å². The maximum Gasteiger partial charge on any atom is 0.261 e. The van der Waals surface area contributed by atoms with Crippen LogP contribution in [0.25, 0.3) is 10.9 Å². The quantitative estimate of drug-likeness (QED) is 0.819. The van der Waals surface area contributed by atoms with E-state index in [2.05, 4.69) is 6.92 Å². The summed E-state index contributed by atoms with van der Waals surface area (Å²) in [5.74, 6) is 1.03. The molecule has 1 aliphatic carbocycles. The van der Waals surface area contributed by atoms with Gasteiger partial charge in [0.2, 0.25) is 5.91 Å². The van der Waals surface area contributed by atoms with Crippen LogP contribution in [0.1, 0.15) is 64.2 Å². The highest BCUT2D eigenvalue weighted by Crippen LogP contribution is 2.30. The lowest BCUT2D eigenvalue weighted by atomic mass is 9.88. The Labute approximate surface area is 155 Å². The van der Waals surface area contributed by atoms with Gasteiger partial charge in [-0.3, -0.25) is 14.2 Å². The molecule has 0 N–H and O–H groups in total. The van der Waals surface area contributed by atoms with Gasteiger partial charge in [0.25, 0.3) is 5.56 Å². The maximum absolute atomic E-state index is 13.2. The number of hydrogen-bond donors (Lipinski definition) is 0. The van der Waals surface area contributed by atoms with E-state index in [0.717, 1.165) is 32.1 Å². The molecule has 1 heterocycles. The summed E-state index contributed by atoms with van der Waals surface area (Å²) >= 11 is 0. The van der Waals surface area contributed by atoms with Crippen LogP contribution < -0.4 is 5.56 Å². The van der Waals surface area contributed by atoms with Crippen LogP contribution in [0, 0.1) is 5.92 Å². The van der Waals surface area contributed by atoms with E-state index >= 15 is 0 Å². The number of hydrogen-bond acceptors (Lipinski definition) is 3. The summed E-state index contributed by atoms with van der Waals surface area (Å²) in [5.41, 5.74) is 0.649. The Bertz CT molecular complexity index is 837. The molecule has 0 radical (unpaired) electrons. The lowest BCUT2D eigenvalue weighted by Crippen LogP contribution is -2.41. The predicted molar refractivity (Wildman–Crippen MR) is 104 cm³/mol. The molecule has 1 atom stereocenters. The topological polar surface area (TPSA) is 55.2 Å². The molecule has 1 aromatic carbocycles. The van der Waals surface area contributed by atoms with Crippen LogP contribution in [-0.4, -0.2) is 26.9 Å². The van der Waals surface area contributed by atoms with Gasteiger partial charge in [-0.05, 0) is 38.3 Å². The fourth-order valence-electron chi connectivity index (χ4n) is 4.19. The number of nitrogens with zero attached hydrogens (tertiary/aromatic N) is 3. The molecule has 1 fully saturated rings. The van der Waals surface area contributed by atoms with Crippen molar-refractivity contribution in [1.29, 1.82) is 0 Å². The van der Waals surface area contributed by atoms with Crippen molar-refractivity contribution in [3.63, 3.8) is 0 Å². The van der Waals surface area contributed by atoms with Gasteiger partial charge in [-0.15, -0.1) is 0 Å². The SMILES string of the molecule is CCC(c1nc2ccccc2c(=O)n1C)N(CC)C(=O)C1CCCCC1. The zero-order chi connectivity index (χ0) is 18.7. The van der Waals surface area contributed by atoms with Crippen molar-refractivity contribution in [1.82, 2.24) is 14.5 Å². The Kier molecular flexibility index (Phi) is 5.74. The minimum absolute atomic E-state index is 0.0507. The predicted octanol–water partition coefficient (Wildman–Crippen LogP) is 3.81. The molecule has 26 heavy (non-hydrogen) atoms. The van der Waals surface area contributed by atoms with E-state index in [1.165, 1.54) is 6.42 Å². The standard InChI is InChI=1S/C21H29N3O2/c1-4-18(24(5-2)20(25)15-11-7-6-8-12-15)19-22-17-14-10-9-13-16(17)21(26)23(19)3/h9-10,13-15,18H,4-8,11-12H2,1-3H3. The third-order valence-electron chi connectivity index (χ3n) is 5.66. The number of carbonyl (C=O) groups excluding carboxylic acids is 1. The first-order valence-electron chi connectivity index (χ1n) is 9.84. The number of rotatable bonds is 5. The Morgan fingerprint density at radius 1 is 1.23 bits per heavy atom. The summed E-state index contributed by atoms with van der Waals surface area (Å²) in [6.45, 7) is 4.71. The van der Waals surface area contributed by atoms with Crippen LogP contribution in [0.15, 0.2) is 29.1 Å². The van der Waals surface area contributed by atoms with Crippen LogP contribution in [-0.2, 0) is 11.8 Å². The number of carbonyl (C=O) groups is 1. The first-order valence-corrected chi connectivity index (χ1v) is 9.84. The Balaban J connectivity index is 2.01. The van der Waals surface area contributed by atoms with Crippen LogP contribution >= 0.6 is 0 Å². The fraction of sp³-hybridized carbons (Fsp3) is 0.571. The molecule has 3 rings (SSSR count). The third kappa shape index (κ3) is 3.39.